The number of hydrogen-bond donors (Lipinski definition) is 1. The number of halogens is 1. The quantitative estimate of drug-likeness (QED) is 0.358. The molecule has 0 amide bonds. The number of hydrogen-bond acceptors (Lipinski definition) is 4. The molecule has 1 heterocycles. The number of ether oxygens (including phenoxy) is 1. The van der Waals surface area contributed by atoms with Gasteiger partial charge >= 0.3 is 0 Å². The molecular weight excluding hydrogens is 422 g/mol. The number of allylic oxidation sites excluding steroid dienone is 1. The molecule has 0 saturated carbocycles. The van der Waals surface area contributed by atoms with E-state index in [0.29, 0.717) is 36.2 Å². The molecule has 32 heavy (non-hydrogen) atoms. The molecule has 0 fully saturated rings. The van der Waals surface area contributed by atoms with Crippen molar-refractivity contribution in [2.75, 3.05) is 6.54 Å². The minimum absolute atomic E-state index is 0.227. The molecule has 0 bridgehead atoms. The fourth-order valence-electron chi connectivity index (χ4n) is 3.62. The lowest BCUT2D eigenvalue weighted by atomic mass is 10.1. The highest BCUT2D eigenvalue weighted by atomic mass is 35.5. The van der Waals surface area contributed by atoms with E-state index < -0.39 is 6.10 Å². The molecule has 1 atom stereocenters. The number of aryl methyl sites for hydroxylation is 1. The summed E-state index contributed by atoms with van der Waals surface area (Å²) in [5, 5.41) is 15.9. The van der Waals surface area contributed by atoms with E-state index in [2.05, 4.69) is 25.3 Å². The second-order valence-corrected chi connectivity index (χ2v) is 8.60. The van der Waals surface area contributed by atoms with Gasteiger partial charge in [-0.15, -0.1) is 6.58 Å². The normalized spacial score (nSPS) is 12.3. The first-order chi connectivity index (χ1) is 15.4. The molecule has 3 rings (SSSR count). The Hall–Kier alpha value is -2.60. The molecule has 0 aliphatic rings. The molecular formula is C26H32ClN3O2. The molecule has 1 aromatic heterocycles. The Morgan fingerprint density at radius 1 is 1.16 bits per heavy atom. The molecule has 0 aliphatic heterocycles. The molecule has 0 radical (unpaired) electrons. The third kappa shape index (κ3) is 6.00. The van der Waals surface area contributed by atoms with Gasteiger partial charge in [0.25, 0.3) is 0 Å². The molecule has 170 valence electrons. The standard InChI is InChI=1S/C26H32ClN3O2/c1-5-6-14-21(31)17-30(19(2)3)18-22-25(20-12-8-7-9-13-20)28-29(4)26(22)32-24-16-11-10-15-23(24)27/h5,7-13,15-16,19,21,31H,1,6,14,17-18H2,2-4H3. The highest BCUT2D eigenvalue weighted by Crippen LogP contribution is 2.36. The topological polar surface area (TPSA) is 50.5 Å². The smallest absolute Gasteiger partial charge is 0.222 e. The van der Waals surface area contributed by atoms with Gasteiger partial charge in [0, 0.05) is 31.7 Å². The van der Waals surface area contributed by atoms with Crippen LogP contribution in [0.3, 0.4) is 0 Å². The summed E-state index contributed by atoms with van der Waals surface area (Å²) >= 11 is 6.37. The lowest BCUT2D eigenvalue weighted by Gasteiger charge is -2.29. The first-order valence-electron chi connectivity index (χ1n) is 11.0. The Balaban J connectivity index is 2.00. The zero-order valence-corrected chi connectivity index (χ0v) is 19.8. The van der Waals surface area contributed by atoms with Crippen molar-refractivity contribution < 1.29 is 9.84 Å². The van der Waals surface area contributed by atoms with Gasteiger partial charge in [-0.2, -0.15) is 5.10 Å². The van der Waals surface area contributed by atoms with Crippen LogP contribution in [0.1, 0.15) is 32.3 Å². The highest BCUT2D eigenvalue weighted by Gasteiger charge is 2.24. The number of benzene rings is 2. The fraction of sp³-hybridized carbons (Fsp3) is 0.346. The second-order valence-electron chi connectivity index (χ2n) is 8.20. The van der Waals surface area contributed by atoms with E-state index in [9.17, 15) is 5.11 Å². The van der Waals surface area contributed by atoms with Gasteiger partial charge in [0.15, 0.2) is 0 Å². The van der Waals surface area contributed by atoms with E-state index in [1.807, 2.05) is 61.7 Å². The number of aliphatic hydroxyl groups excluding tert-OH is 1. The SMILES string of the molecule is C=CCCC(O)CN(Cc1c(-c2ccccc2)nn(C)c1Oc1ccccc1Cl)C(C)C. The average Bonchev–Trinajstić information content (AvgIpc) is 3.09. The first kappa shape index (κ1) is 24.1. The Morgan fingerprint density at radius 3 is 2.50 bits per heavy atom. The van der Waals surface area contributed by atoms with Crippen molar-refractivity contribution >= 4 is 11.6 Å². The lowest BCUT2D eigenvalue weighted by molar-refractivity contribution is 0.0851. The summed E-state index contributed by atoms with van der Waals surface area (Å²) in [7, 11) is 1.88. The second kappa shape index (κ2) is 11.3. The lowest BCUT2D eigenvalue weighted by Crippen LogP contribution is -2.37. The van der Waals surface area contributed by atoms with E-state index in [1.54, 1.807) is 10.7 Å². The van der Waals surface area contributed by atoms with Crippen LogP contribution in [-0.4, -0.2) is 38.5 Å². The van der Waals surface area contributed by atoms with Crippen LogP contribution in [0.4, 0.5) is 0 Å². The summed E-state index contributed by atoms with van der Waals surface area (Å²) in [6.45, 7) is 9.16. The number of aliphatic hydroxyl groups is 1. The number of para-hydroxylation sites is 1. The molecule has 6 heteroatoms. The van der Waals surface area contributed by atoms with Gasteiger partial charge in [-0.05, 0) is 38.8 Å². The van der Waals surface area contributed by atoms with Gasteiger partial charge in [0.2, 0.25) is 5.88 Å². The molecule has 2 aromatic carbocycles. The van der Waals surface area contributed by atoms with Crippen molar-refractivity contribution in [2.24, 2.45) is 7.05 Å². The van der Waals surface area contributed by atoms with Gasteiger partial charge in [0.05, 0.1) is 16.7 Å². The van der Waals surface area contributed by atoms with Crippen LogP contribution >= 0.6 is 11.6 Å². The molecule has 5 nitrogen and oxygen atoms in total. The van der Waals surface area contributed by atoms with Crippen molar-refractivity contribution in [3.63, 3.8) is 0 Å². The zero-order valence-electron chi connectivity index (χ0n) is 19.0. The first-order valence-corrected chi connectivity index (χ1v) is 11.3. The molecule has 1 N–H and O–H groups in total. The Labute approximate surface area is 195 Å². The van der Waals surface area contributed by atoms with E-state index in [-0.39, 0.29) is 6.04 Å². The van der Waals surface area contributed by atoms with Crippen molar-refractivity contribution in [2.45, 2.75) is 45.4 Å². The summed E-state index contributed by atoms with van der Waals surface area (Å²) in [5.41, 5.74) is 2.84. The third-order valence-electron chi connectivity index (χ3n) is 5.42. The van der Waals surface area contributed by atoms with Gasteiger partial charge in [-0.25, -0.2) is 4.68 Å². The van der Waals surface area contributed by atoms with Crippen molar-refractivity contribution in [1.29, 1.82) is 0 Å². The van der Waals surface area contributed by atoms with Crippen LogP contribution < -0.4 is 4.74 Å². The maximum Gasteiger partial charge on any atom is 0.222 e. The minimum Gasteiger partial charge on any atom is -0.437 e. The van der Waals surface area contributed by atoms with Crippen LogP contribution in [-0.2, 0) is 13.6 Å². The van der Waals surface area contributed by atoms with E-state index in [1.165, 1.54) is 0 Å². The highest BCUT2D eigenvalue weighted by molar-refractivity contribution is 6.32. The molecule has 0 saturated heterocycles. The maximum atomic E-state index is 10.6. The third-order valence-corrected chi connectivity index (χ3v) is 5.73. The van der Waals surface area contributed by atoms with Crippen molar-refractivity contribution in [1.82, 2.24) is 14.7 Å². The number of rotatable bonds is 11. The van der Waals surface area contributed by atoms with Crippen molar-refractivity contribution in [3.8, 4) is 22.9 Å². The maximum absolute atomic E-state index is 10.6. The summed E-state index contributed by atoms with van der Waals surface area (Å²) in [6.07, 6.45) is 2.89. The van der Waals surface area contributed by atoms with Gasteiger partial charge in [0.1, 0.15) is 11.4 Å². The van der Waals surface area contributed by atoms with E-state index >= 15 is 0 Å². The van der Waals surface area contributed by atoms with Crippen molar-refractivity contribution in [3.05, 3.63) is 77.8 Å². The zero-order chi connectivity index (χ0) is 23.1. The summed E-state index contributed by atoms with van der Waals surface area (Å²) in [5.74, 6) is 1.23. The largest absolute Gasteiger partial charge is 0.437 e. The van der Waals surface area contributed by atoms with E-state index in [4.69, 9.17) is 21.4 Å². The number of nitrogens with zero attached hydrogens (tertiary/aromatic N) is 3. The Bertz CT molecular complexity index is 1020. The molecule has 1 unspecified atom stereocenters. The van der Waals surface area contributed by atoms with Crippen LogP contribution in [0, 0.1) is 0 Å². The fourth-order valence-corrected chi connectivity index (χ4v) is 3.79. The Kier molecular flexibility index (Phi) is 8.51. The predicted octanol–water partition coefficient (Wildman–Crippen LogP) is 6.07. The van der Waals surface area contributed by atoms with Crippen LogP contribution in [0.25, 0.3) is 11.3 Å². The minimum atomic E-state index is -0.430. The van der Waals surface area contributed by atoms with Gasteiger partial charge in [-0.1, -0.05) is 60.1 Å². The average molecular weight is 454 g/mol. The molecule has 3 aromatic rings. The van der Waals surface area contributed by atoms with E-state index in [0.717, 1.165) is 23.2 Å². The molecule has 0 spiro atoms. The van der Waals surface area contributed by atoms with Crippen LogP contribution in [0.5, 0.6) is 11.6 Å². The summed E-state index contributed by atoms with van der Waals surface area (Å²) < 4.78 is 8.05. The van der Waals surface area contributed by atoms with Gasteiger partial charge < -0.3 is 9.84 Å². The number of aromatic nitrogens is 2. The van der Waals surface area contributed by atoms with Crippen LogP contribution in [0.15, 0.2) is 67.3 Å². The summed E-state index contributed by atoms with van der Waals surface area (Å²) in [6, 6.07) is 17.7. The monoisotopic (exact) mass is 453 g/mol. The summed E-state index contributed by atoms with van der Waals surface area (Å²) in [4.78, 5) is 2.25. The predicted molar refractivity (Wildman–Crippen MR) is 131 cm³/mol. The Morgan fingerprint density at radius 2 is 1.84 bits per heavy atom. The van der Waals surface area contributed by atoms with Gasteiger partial charge in [-0.3, -0.25) is 4.90 Å². The van der Waals surface area contributed by atoms with Crippen LogP contribution in [0.2, 0.25) is 5.02 Å². The molecule has 0 aliphatic carbocycles.